The van der Waals surface area contributed by atoms with Gasteiger partial charge in [-0.15, -0.1) is 0 Å². The first-order valence-corrected chi connectivity index (χ1v) is 12.2. The molecular formula is C22H26ClF5N4O2S. The van der Waals surface area contributed by atoms with Crippen molar-refractivity contribution in [2.24, 2.45) is 0 Å². The number of hydrogen-bond acceptors (Lipinski definition) is 5. The molecule has 1 aromatic rings. The van der Waals surface area contributed by atoms with Gasteiger partial charge in [0, 0.05) is 37.9 Å². The third-order valence-corrected chi connectivity index (χ3v) is 7.33. The van der Waals surface area contributed by atoms with E-state index in [1.807, 2.05) is 0 Å². The predicted octanol–water partition coefficient (Wildman–Crippen LogP) is 3.77. The number of nitrogens with zero attached hydrogens (tertiary/aromatic N) is 3. The van der Waals surface area contributed by atoms with Crippen molar-refractivity contribution >= 4 is 41.7 Å². The molecule has 194 valence electrons. The molecule has 0 saturated carbocycles. The Bertz CT molecular complexity index is 960. The van der Waals surface area contributed by atoms with Crippen LogP contribution < -0.4 is 5.32 Å². The fraction of sp³-hybridized carbons (Fsp3) is 0.636. The van der Waals surface area contributed by atoms with Crippen LogP contribution in [-0.2, 0) is 4.79 Å². The van der Waals surface area contributed by atoms with E-state index in [1.165, 1.54) is 11.0 Å². The van der Waals surface area contributed by atoms with Crippen molar-refractivity contribution in [3.05, 3.63) is 28.8 Å². The fourth-order valence-corrected chi connectivity index (χ4v) is 5.34. The van der Waals surface area contributed by atoms with Gasteiger partial charge in [-0.25, -0.2) is 8.78 Å². The lowest BCUT2D eigenvalue weighted by molar-refractivity contribution is -0.148. The number of rotatable bonds is 6. The Morgan fingerprint density at radius 2 is 1.77 bits per heavy atom. The molecular weight excluding hydrogens is 515 g/mol. The Morgan fingerprint density at radius 3 is 2.31 bits per heavy atom. The van der Waals surface area contributed by atoms with Gasteiger partial charge in [0.15, 0.2) is 0 Å². The highest BCUT2D eigenvalue weighted by Crippen LogP contribution is 2.32. The van der Waals surface area contributed by atoms with E-state index < -0.39 is 48.7 Å². The molecule has 1 atom stereocenters. The first-order chi connectivity index (χ1) is 16.3. The third-order valence-electron chi connectivity index (χ3n) is 6.61. The van der Waals surface area contributed by atoms with E-state index in [4.69, 9.17) is 11.6 Å². The molecule has 0 aromatic heterocycles. The maximum absolute atomic E-state index is 13.0. The molecule has 0 aliphatic carbocycles. The molecule has 6 nitrogen and oxygen atoms in total. The number of carbonyl (C=O) groups excluding carboxylic acids is 2. The van der Waals surface area contributed by atoms with Crippen molar-refractivity contribution in [1.29, 1.82) is 0 Å². The van der Waals surface area contributed by atoms with E-state index >= 15 is 0 Å². The van der Waals surface area contributed by atoms with E-state index in [0.717, 1.165) is 23.7 Å². The van der Waals surface area contributed by atoms with Crippen LogP contribution in [0.3, 0.4) is 0 Å². The Labute approximate surface area is 210 Å². The molecule has 1 unspecified atom stereocenters. The number of thiol groups is 1. The van der Waals surface area contributed by atoms with E-state index in [9.17, 15) is 31.5 Å². The Balaban J connectivity index is 1.20. The van der Waals surface area contributed by atoms with E-state index in [-0.39, 0.29) is 22.7 Å². The number of carbonyl (C=O) groups is 2. The first kappa shape index (κ1) is 26.3. The summed E-state index contributed by atoms with van der Waals surface area (Å²) in [5.74, 6) is -3.93. The number of amides is 2. The van der Waals surface area contributed by atoms with Crippen molar-refractivity contribution in [3.63, 3.8) is 0 Å². The van der Waals surface area contributed by atoms with Gasteiger partial charge in [-0.2, -0.15) is 25.8 Å². The standard InChI is InChI=1S/C22H26ClF5N4O2S/c23-17-7-13(1-2-16(17)19(33)32-11-21(24,25)12-32)29-14-9-31(10-14)15-3-5-30(6-4-15)20(34)18(35)8-22(26,27)28/h1-2,7,14-15,18,29,35H,3-6,8-12H2. The summed E-state index contributed by atoms with van der Waals surface area (Å²) in [7, 11) is 0. The van der Waals surface area contributed by atoms with Crippen molar-refractivity contribution in [1.82, 2.24) is 14.7 Å². The lowest BCUT2D eigenvalue weighted by Gasteiger charge is -2.47. The van der Waals surface area contributed by atoms with Gasteiger partial charge in [0.1, 0.15) is 0 Å². The maximum Gasteiger partial charge on any atom is 0.390 e. The highest BCUT2D eigenvalue weighted by molar-refractivity contribution is 7.81. The van der Waals surface area contributed by atoms with E-state index in [2.05, 4.69) is 22.8 Å². The average Bonchev–Trinajstić information content (AvgIpc) is 2.72. The summed E-state index contributed by atoms with van der Waals surface area (Å²) in [6.45, 7) is 1.11. The van der Waals surface area contributed by atoms with Gasteiger partial charge in [0.25, 0.3) is 11.8 Å². The smallest absolute Gasteiger partial charge is 0.380 e. The van der Waals surface area contributed by atoms with Gasteiger partial charge in [-0.3, -0.25) is 14.5 Å². The van der Waals surface area contributed by atoms with Crippen LogP contribution in [0.5, 0.6) is 0 Å². The minimum absolute atomic E-state index is 0.148. The average molecular weight is 541 g/mol. The van der Waals surface area contributed by atoms with E-state index in [1.54, 1.807) is 12.1 Å². The van der Waals surface area contributed by atoms with Gasteiger partial charge in [0.2, 0.25) is 5.91 Å². The second kappa shape index (κ2) is 9.93. The summed E-state index contributed by atoms with van der Waals surface area (Å²) in [5.41, 5.74) is 0.901. The highest BCUT2D eigenvalue weighted by Gasteiger charge is 2.46. The summed E-state index contributed by atoms with van der Waals surface area (Å²) >= 11 is 10.1. The molecule has 3 aliphatic rings. The summed E-state index contributed by atoms with van der Waals surface area (Å²) in [6, 6.07) is 5.22. The van der Waals surface area contributed by atoms with Crippen molar-refractivity contribution in [2.75, 3.05) is 44.6 Å². The maximum atomic E-state index is 13.0. The highest BCUT2D eigenvalue weighted by atomic mass is 35.5. The molecule has 1 aromatic carbocycles. The first-order valence-electron chi connectivity index (χ1n) is 11.3. The lowest BCUT2D eigenvalue weighted by Crippen LogP contribution is -2.60. The Morgan fingerprint density at radius 1 is 1.14 bits per heavy atom. The van der Waals surface area contributed by atoms with Gasteiger partial charge < -0.3 is 15.1 Å². The van der Waals surface area contributed by atoms with Gasteiger partial charge in [0.05, 0.1) is 41.4 Å². The summed E-state index contributed by atoms with van der Waals surface area (Å²) in [4.78, 5) is 29.3. The molecule has 0 radical (unpaired) electrons. The molecule has 3 aliphatic heterocycles. The minimum atomic E-state index is -4.42. The molecule has 2 amide bonds. The van der Waals surface area contributed by atoms with Crippen molar-refractivity contribution < 1.29 is 31.5 Å². The molecule has 3 saturated heterocycles. The number of alkyl halides is 5. The van der Waals surface area contributed by atoms with Crippen LogP contribution in [0.25, 0.3) is 0 Å². The van der Waals surface area contributed by atoms with Crippen LogP contribution >= 0.6 is 24.2 Å². The molecule has 0 bridgehead atoms. The second-order valence-electron chi connectivity index (χ2n) is 9.40. The normalized spacial score (nSPS) is 22.4. The number of anilines is 1. The zero-order chi connectivity index (χ0) is 25.5. The molecule has 3 fully saturated rings. The predicted molar refractivity (Wildman–Crippen MR) is 124 cm³/mol. The van der Waals surface area contributed by atoms with Crippen LogP contribution in [0.2, 0.25) is 5.02 Å². The summed E-state index contributed by atoms with van der Waals surface area (Å²) in [6.07, 6.45) is -4.29. The van der Waals surface area contributed by atoms with Gasteiger partial charge >= 0.3 is 6.18 Å². The monoisotopic (exact) mass is 540 g/mol. The Kier molecular flexibility index (Phi) is 7.46. The molecule has 35 heavy (non-hydrogen) atoms. The van der Waals surface area contributed by atoms with Crippen LogP contribution in [0.4, 0.5) is 27.6 Å². The zero-order valence-electron chi connectivity index (χ0n) is 18.7. The van der Waals surface area contributed by atoms with Gasteiger partial charge in [-0.05, 0) is 31.0 Å². The van der Waals surface area contributed by atoms with Gasteiger partial charge in [-0.1, -0.05) is 11.6 Å². The number of benzene rings is 1. The SMILES string of the molecule is O=C(c1ccc(NC2CN(C3CCN(C(=O)C(S)CC(F)(F)F)CC3)C2)cc1Cl)N1CC(F)(F)C1. The summed E-state index contributed by atoms with van der Waals surface area (Å²) in [5, 5.41) is 2.16. The molecule has 0 spiro atoms. The molecule has 1 N–H and O–H groups in total. The number of hydrogen-bond donors (Lipinski definition) is 2. The summed E-state index contributed by atoms with van der Waals surface area (Å²) < 4.78 is 63.6. The largest absolute Gasteiger partial charge is 0.390 e. The second-order valence-corrected chi connectivity index (χ2v) is 10.4. The molecule has 13 heteroatoms. The topological polar surface area (TPSA) is 55.9 Å². The third kappa shape index (κ3) is 6.32. The van der Waals surface area contributed by atoms with Crippen LogP contribution in [-0.4, -0.2) is 95.2 Å². The van der Waals surface area contributed by atoms with Crippen molar-refractivity contribution in [2.45, 2.75) is 48.7 Å². The lowest BCUT2D eigenvalue weighted by atomic mass is 9.97. The van der Waals surface area contributed by atoms with Crippen LogP contribution in [0.15, 0.2) is 18.2 Å². The number of nitrogens with one attached hydrogen (secondary N) is 1. The zero-order valence-corrected chi connectivity index (χ0v) is 20.4. The van der Waals surface area contributed by atoms with Crippen LogP contribution in [0, 0.1) is 0 Å². The molecule has 3 heterocycles. The number of halogens is 6. The number of piperidine rings is 1. The van der Waals surface area contributed by atoms with Crippen molar-refractivity contribution in [3.8, 4) is 0 Å². The quantitative estimate of drug-likeness (QED) is 0.426. The molecule has 4 rings (SSSR count). The Hall–Kier alpha value is -1.79. The minimum Gasteiger partial charge on any atom is -0.380 e. The van der Waals surface area contributed by atoms with E-state index in [0.29, 0.717) is 25.9 Å². The fourth-order valence-electron chi connectivity index (χ4n) is 4.71. The van der Waals surface area contributed by atoms with Crippen LogP contribution in [0.1, 0.15) is 29.6 Å². The number of likely N-dealkylation sites (tertiary alicyclic amines) is 3.